The third-order valence-corrected chi connectivity index (χ3v) is 6.11. The molecule has 3 aromatic rings. The van der Waals surface area contributed by atoms with Crippen molar-refractivity contribution in [3.8, 4) is 11.8 Å². The van der Waals surface area contributed by atoms with Crippen LogP contribution in [0.25, 0.3) is 11.0 Å². The Bertz CT molecular complexity index is 1030. The van der Waals surface area contributed by atoms with Gasteiger partial charge in [-0.15, -0.1) is 0 Å². The monoisotopic (exact) mass is 372 g/mol. The van der Waals surface area contributed by atoms with E-state index in [2.05, 4.69) is 21.6 Å². The van der Waals surface area contributed by atoms with E-state index in [-0.39, 0.29) is 0 Å². The number of aromatic nitrogens is 2. The number of nitriles is 1. The number of imidazole rings is 1. The van der Waals surface area contributed by atoms with Crippen LogP contribution in [-0.4, -0.2) is 33.6 Å². The maximum atomic E-state index is 8.89. The first-order valence-corrected chi connectivity index (χ1v) is 10.2. The van der Waals surface area contributed by atoms with Gasteiger partial charge in [-0.1, -0.05) is 18.6 Å². The lowest BCUT2D eigenvalue weighted by molar-refractivity contribution is 0.130. The highest BCUT2D eigenvalue weighted by Gasteiger charge is 2.27. The lowest BCUT2D eigenvalue weighted by atomic mass is 9.91. The Balaban J connectivity index is 1.30. The second-order valence-electron chi connectivity index (χ2n) is 7.80. The first-order chi connectivity index (χ1) is 13.8. The molecule has 1 aromatic heterocycles. The van der Waals surface area contributed by atoms with Crippen molar-refractivity contribution >= 4 is 11.0 Å². The van der Waals surface area contributed by atoms with Crippen molar-refractivity contribution < 1.29 is 4.74 Å². The van der Waals surface area contributed by atoms with E-state index in [0.29, 0.717) is 12.2 Å². The molecule has 142 valence electrons. The fourth-order valence-corrected chi connectivity index (χ4v) is 4.23. The van der Waals surface area contributed by atoms with Crippen molar-refractivity contribution in [2.24, 2.45) is 0 Å². The van der Waals surface area contributed by atoms with Crippen LogP contribution in [0.5, 0.6) is 5.75 Å². The summed E-state index contributed by atoms with van der Waals surface area (Å²) in [5.41, 5.74) is 3.94. The molecule has 1 fully saturated rings. The summed E-state index contributed by atoms with van der Waals surface area (Å²) in [5.74, 6) is 2.03. The minimum Gasteiger partial charge on any atom is -0.489 e. The van der Waals surface area contributed by atoms with Crippen LogP contribution in [0.3, 0.4) is 0 Å². The van der Waals surface area contributed by atoms with Crippen molar-refractivity contribution in [3.63, 3.8) is 0 Å². The van der Waals surface area contributed by atoms with Gasteiger partial charge >= 0.3 is 0 Å². The lowest BCUT2D eigenvalue weighted by Crippen LogP contribution is -2.41. The van der Waals surface area contributed by atoms with Gasteiger partial charge in [0.1, 0.15) is 18.2 Å². The first-order valence-electron chi connectivity index (χ1n) is 10.2. The Kier molecular flexibility index (Phi) is 4.50. The Morgan fingerprint density at radius 3 is 2.68 bits per heavy atom. The predicted octanol–water partition coefficient (Wildman–Crippen LogP) is 3.90. The highest BCUT2D eigenvalue weighted by molar-refractivity contribution is 5.78. The molecule has 1 aliphatic carbocycles. The summed E-state index contributed by atoms with van der Waals surface area (Å²) in [4.78, 5) is 7.56. The zero-order valence-corrected chi connectivity index (χ0v) is 16.0. The molecule has 0 N–H and O–H groups in total. The van der Waals surface area contributed by atoms with E-state index in [1.165, 1.54) is 30.6 Å². The van der Waals surface area contributed by atoms with Gasteiger partial charge in [0, 0.05) is 38.2 Å². The van der Waals surface area contributed by atoms with Crippen molar-refractivity contribution in [2.45, 2.75) is 44.9 Å². The summed E-state index contributed by atoms with van der Waals surface area (Å²) >= 11 is 0. The number of hydrogen-bond donors (Lipinski definition) is 0. The van der Waals surface area contributed by atoms with Crippen molar-refractivity contribution in [1.82, 2.24) is 14.5 Å². The van der Waals surface area contributed by atoms with Gasteiger partial charge in [-0.05, 0) is 42.7 Å². The third-order valence-electron chi connectivity index (χ3n) is 6.11. The average Bonchev–Trinajstić information content (AvgIpc) is 2.91. The van der Waals surface area contributed by atoms with Gasteiger partial charge in [-0.2, -0.15) is 5.26 Å². The smallest absolute Gasteiger partial charge is 0.122 e. The molecule has 2 aromatic carbocycles. The Labute approximate surface area is 165 Å². The van der Waals surface area contributed by atoms with Gasteiger partial charge < -0.3 is 9.30 Å². The summed E-state index contributed by atoms with van der Waals surface area (Å²) < 4.78 is 8.35. The first kappa shape index (κ1) is 17.3. The molecule has 0 unspecified atom stereocenters. The number of benzene rings is 2. The van der Waals surface area contributed by atoms with Crippen LogP contribution in [0.15, 0.2) is 42.5 Å². The number of hydrogen-bond acceptors (Lipinski definition) is 4. The minimum absolute atomic E-state index is 0.487. The number of ether oxygens (including phenoxy) is 1. The fraction of sp³-hybridized carbons (Fsp3) is 0.391. The van der Waals surface area contributed by atoms with Crippen LogP contribution >= 0.6 is 0 Å². The Hall–Kier alpha value is -2.84. The largest absolute Gasteiger partial charge is 0.489 e. The molecule has 0 atom stereocenters. The molecule has 0 amide bonds. The van der Waals surface area contributed by atoms with Crippen molar-refractivity contribution in [2.75, 3.05) is 13.1 Å². The van der Waals surface area contributed by atoms with Crippen molar-refractivity contribution in [1.29, 1.82) is 5.26 Å². The molecule has 0 saturated heterocycles. The van der Waals surface area contributed by atoms with Crippen LogP contribution in [0.2, 0.25) is 0 Å². The molecule has 0 bridgehead atoms. The molecule has 5 nitrogen and oxygen atoms in total. The Morgan fingerprint density at radius 2 is 1.93 bits per heavy atom. The SMILES string of the molecule is N#Cc1ccc(COc2ccc3c(c2)nc2n3CCN(C3CCC3)CC2)cc1. The molecular formula is C23H24N4O. The molecule has 1 aliphatic heterocycles. The molecule has 0 radical (unpaired) electrons. The highest BCUT2D eigenvalue weighted by Crippen LogP contribution is 2.28. The third kappa shape index (κ3) is 3.25. The minimum atomic E-state index is 0.487. The number of nitrogens with zero attached hydrogens (tertiary/aromatic N) is 4. The van der Waals surface area contributed by atoms with E-state index >= 15 is 0 Å². The molecule has 2 heterocycles. The number of rotatable bonds is 4. The fourth-order valence-electron chi connectivity index (χ4n) is 4.23. The highest BCUT2D eigenvalue weighted by atomic mass is 16.5. The molecule has 28 heavy (non-hydrogen) atoms. The predicted molar refractivity (Wildman–Crippen MR) is 108 cm³/mol. The zero-order chi connectivity index (χ0) is 18.9. The molecule has 1 saturated carbocycles. The van der Waals surface area contributed by atoms with E-state index in [9.17, 15) is 0 Å². The van der Waals surface area contributed by atoms with Gasteiger partial charge in [-0.3, -0.25) is 4.90 Å². The van der Waals surface area contributed by atoms with Crippen LogP contribution in [0.1, 0.15) is 36.2 Å². The van der Waals surface area contributed by atoms with E-state index in [1.807, 2.05) is 36.4 Å². The lowest BCUT2D eigenvalue weighted by Gasteiger charge is -2.36. The molecule has 5 rings (SSSR count). The maximum Gasteiger partial charge on any atom is 0.122 e. The average molecular weight is 372 g/mol. The molecule has 0 spiro atoms. The normalized spacial score (nSPS) is 17.5. The van der Waals surface area contributed by atoms with E-state index in [1.54, 1.807) is 0 Å². The van der Waals surface area contributed by atoms with E-state index in [0.717, 1.165) is 48.9 Å². The van der Waals surface area contributed by atoms with Gasteiger partial charge in [0.05, 0.1) is 22.7 Å². The second-order valence-corrected chi connectivity index (χ2v) is 7.80. The quantitative estimate of drug-likeness (QED) is 0.697. The summed E-state index contributed by atoms with van der Waals surface area (Å²) in [6.45, 7) is 3.75. The maximum absolute atomic E-state index is 8.89. The van der Waals surface area contributed by atoms with Crippen LogP contribution in [-0.2, 0) is 19.6 Å². The summed E-state index contributed by atoms with van der Waals surface area (Å²) in [6.07, 6.45) is 5.14. The van der Waals surface area contributed by atoms with E-state index in [4.69, 9.17) is 15.0 Å². The summed E-state index contributed by atoms with van der Waals surface area (Å²) in [6, 6.07) is 16.7. The second kappa shape index (κ2) is 7.29. The topological polar surface area (TPSA) is 54.1 Å². The van der Waals surface area contributed by atoms with Crippen LogP contribution in [0.4, 0.5) is 0 Å². The van der Waals surface area contributed by atoms with Gasteiger partial charge in [0.25, 0.3) is 0 Å². The summed E-state index contributed by atoms with van der Waals surface area (Å²) in [7, 11) is 0. The zero-order valence-electron chi connectivity index (χ0n) is 16.0. The van der Waals surface area contributed by atoms with Crippen LogP contribution < -0.4 is 4.74 Å². The van der Waals surface area contributed by atoms with Gasteiger partial charge in [-0.25, -0.2) is 4.98 Å². The standard InChI is InChI=1S/C23H24N4O/c24-15-17-4-6-18(7-5-17)16-28-20-8-9-22-21(14-20)25-23-10-11-26(12-13-27(22)23)19-2-1-3-19/h4-9,14,19H,1-3,10-13,16H2. The van der Waals surface area contributed by atoms with E-state index < -0.39 is 0 Å². The number of fused-ring (bicyclic) bond motifs is 3. The van der Waals surface area contributed by atoms with Crippen LogP contribution in [0, 0.1) is 11.3 Å². The Morgan fingerprint density at radius 1 is 1.07 bits per heavy atom. The molecule has 5 heteroatoms. The molecular weight excluding hydrogens is 348 g/mol. The van der Waals surface area contributed by atoms with Gasteiger partial charge in [0.15, 0.2) is 0 Å². The summed E-state index contributed by atoms with van der Waals surface area (Å²) in [5, 5.41) is 8.89. The van der Waals surface area contributed by atoms with Crippen molar-refractivity contribution in [3.05, 3.63) is 59.4 Å². The van der Waals surface area contributed by atoms with Gasteiger partial charge in [0.2, 0.25) is 0 Å². The molecule has 2 aliphatic rings.